The van der Waals surface area contributed by atoms with Gasteiger partial charge < -0.3 is 16.0 Å². The summed E-state index contributed by atoms with van der Waals surface area (Å²) in [7, 11) is 2.12. The highest BCUT2D eigenvalue weighted by Crippen LogP contribution is 2.16. The molecule has 1 aliphatic rings. The number of nitrogen functional groups attached to an aromatic ring is 1. The molecule has 1 amide bonds. The molecule has 1 aromatic rings. The highest BCUT2D eigenvalue weighted by molar-refractivity contribution is 5.99. The number of carbonyl (C=O) groups is 1. The maximum atomic E-state index is 12.2. The van der Waals surface area contributed by atoms with E-state index in [1.54, 1.807) is 6.07 Å². The Balaban J connectivity index is 1.95. The molecule has 2 rings (SSSR count). The summed E-state index contributed by atoms with van der Waals surface area (Å²) in [6.07, 6.45) is 3.66. The van der Waals surface area contributed by atoms with Crippen molar-refractivity contribution in [2.75, 3.05) is 25.9 Å². The largest absolute Gasteiger partial charge is 0.398 e. The van der Waals surface area contributed by atoms with Crippen molar-refractivity contribution in [3.63, 3.8) is 0 Å². The molecule has 1 aromatic carbocycles. The Kier molecular flexibility index (Phi) is 4.43. The lowest BCUT2D eigenvalue weighted by atomic mass is 10.0. The molecule has 0 radical (unpaired) electrons. The molecule has 0 spiro atoms. The summed E-state index contributed by atoms with van der Waals surface area (Å²) >= 11 is 0. The Hall–Kier alpha value is -1.55. The number of hydrogen-bond acceptors (Lipinski definition) is 3. The first-order valence-corrected chi connectivity index (χ1v) is 6.92. The predicted molar refractivity (Wildman–Crippen MR) is 78.2 cm³/mol. The van der Waals surface area contributed by atoms with Gasteiger partial charge >= 0.3 is 0 Å². The minimum absolute atomic E-state index is 0.0693. The third-order valence-electron chi connectivity index (χ3n) is 3.87. The lowest BCUT2D eigenvalue weighted by Gasteiger charge is -2.32. The smallest absolute Gasteiger partial charge is 0.253 e. The van der Waals surface area contributed by atoms with Crippen LogP contribution < -0.4 is 11.1 Å². The van der Waals surface area contributed by atoms with Crippen LogP contribution in [-0.4, -0.2) is 37.0 Å². The number of anilines is 1. The van der Waals surface area contributed by atoms with Crippen LogP contribution in [0.15, 0.2) is 18.2 Å². The molecule has 1 unspecified atom stereocenters. The molecule has 4 heteroatoms. The molecule has 0 aromatic heterocycles. The Morgan fingerprint density at radius 2 is 2.26 bits per heavy atom. The Morgan fingerprint density at radius 3 is 3.00 bits per heavy atom. The number of hydrogen-bond donors (Lipinski definition) is 2. The summed E-state index contributed by atoms with van der Waals surface area (Å²) in [4.78, 5) is 14.5. The van der Waals surface area contributed by atoms with Gasteiger partial charge in [0, 0.05) is 18.3 Å². The van der Waals surface area contributed by atoms with E-state index in [2.05, 4.69) is 17.3 Å². The molecule has 0 saturated carbocycles. The van der Waals surface area contributed by atoms with Crippen molar-refractivity contribution in [3.8, 4) is 0 Å². The fourth-order valence-electron chi connectivity index (χ4n) is 2.57. The van der Waals surface area contributed by atoms with Crippen LogP contribution in [-0.2, 0) is 0 Å². The van der Waals surface area contributed by atoms with E-state index in [0.29, 0.717) is 23.8 Å². The van der Waals surface area contributed by atoms with Crippen LogP contribution in [0, 0.1) is 6.92 Å². The van der Waals surface area contributed by atoms with E-state index < -0.39 is 0 Å². The number of aryl methyl sites for hydroxylation is 1. The maximum Gasteiger partial charge on any atom is 0.253 e. The van der Waals surface area contributed by atoms with Gasteiger partial charge in [-0.05, 0) is 45.5 Å². The topological polar surface area (TPSA) is 58.4 Å². The third-order valence-corrected chi connectivity index (χ3v) is 3.87. The molecule has 1 atom stereocenters. The minimum atomic E-state index is -0.0693. The first-order chi connectivity index (χ1) is 9.08. The maximum absolute atomic E-state index is 12.2. The van der Waals surface area contributed by atoms with E-state index in [9.17, 15) is 4.79 Å². The van der Waals surface area contributed by atoms with Crippen LogP contribution in [0.4, 0.5) is 5.69 Å². The highest BCUT2D eigenvalue weighted by Gasteiger charge is 2.20. The van der Waals surface area contributed by atoms with Gasteiger partial charge in [-0.2, -0.15) is 0 Å². The van der Waals surface area contributed by atoms with Gasteiger partial charge in [-0.15, -0.1) is 0 Å². The van der Waals surface area contributed by atoms with Crippen molar-refractivity contribution in [2.45, 2.75) is 32.2 Å². The molecule has 1 fully saturated rings. The molecule has 19 heavy (non-hydrogen) atoms. The standard InChI is InChI=1S/C15H23N3O/c1-11-6-7-14(16)13(9-11)15(19)17-10-12-5-3-4-8-18(12)2/h6-7,9,12H,3-5,8,10,16H2,1-2H3,(H,17,19). The van der Waals surface area contributed by atoms with Gasteiger partial charge in [0.15, 0.2) is 0 Å². The average molecular weight is 261 g/mol. The number of likely N-dealkylation sites (N-methyl/N-ethyl adjacent to an activating group) is 1. The van der Waals surface area contributed by atoms with Gasteiger partial charge in [-0.25, -0.2) is 0 Å². The zero-order valence-electron chi connectivity index (χ0n) is 11.8. The lowest BCUT2D eigenvalue weighted by molar-refractivity contribution is 0.0929. The van der Waals surface area contributed by atoms with Crippen LogP contribution in [0.1, 0.15) is 35.2 Å². The zero-order valence-corrected chi connectivity index (χ0v) is 11.8. The van der Waals surface area contributed by atoms with Gasteiger partial charge in [0.2, 0.25) is 0 Å². The molecule has 1 aliphatic heterocycles. The molecule has 1 heterocycles. The van der Waals surface area contributed by atoms with E-state index in [4.69, 9.17) is 5.73 Å². The summed E-state index contributed by atoms with van der Waals surface area (Å²) in [5, 5.41) is 3.01. The second-order valence-corrected chi connectivity index (χ2v) is 5.43. The van der Waals surface area contributed by atoms with Crippen LogP contribution in [0.3, 0.4) is 0 Å². The third kappa shape index (κ3) is 3.47. The number of carbonyl (C=O) groups excluding carboxylic acids is 1. The van der Waals surface area contributed by atoms with E-state index in [-0.39, 0.29) is 5.91 Å². The van der Waals surface area contributed by atoms with Crippen LogP contribution in [0.25, 0.3) is 0 Å². The number of nitrogens with two attached hydrogens (primary N) is 1. The Labute approximate surface area is 115 Å². The van der Waals surface area contributed by atoms with E-state index in [0.717, 1.165) is 18.5 Å². The van der Waals surface area contributed by atoms with E-state index in [1.807, 2.05) is 19.1 Å². The Bertz CT molecular complexity index is 459. The molecular formula is C15H23N3O. The number of amides is 1. The number of rotatable bonds is 3. The van der Waals surface area contributed by atoms with Gasteiger partial charge in [0.1, 0.15) is 0 Å². The minimum Gasteiger partial charge on any atom is -0.398 e. The molecule has 1 saturated heterocycles. The molecule has 3 N–H and O–H groups in total. The summed E-state index contributed by atoms with van der Waals surface area (Å²) in [6.45, 7) is 3.78. The van der Waals surface area contributed by atoms with Crippen LogP contribution in [0.5, 0.6) is 0 Å². The fraction of sp³-hybridized carbons (Fsp3) is 0.533. The van der Waals surface area contributed by atoms with Crippen molar-refractivity contribution in [3.05, 3.63) is 29.3 Å². The molecule has 4 nitrogen and oxygen atoms in total. The summed E-state index contributed by atoms with van der Waals surface area (Å²) in [6, 6.07) is 6.00. The normalized spacial score (nSPS) is 20.2. The van der Waals surface area contributed by atoms with Crippen molar-refractivity contribution < 1.29 is 4.79 Å². The summed E-state index contributed by atoms with van der Waals surface area (Å²) in [5.41, 5.74) is 8.03. The molecule has 104 valence electrons. The van der Waals surface area contributed by atoms with Crippen LogP contribution >= 0.6 is 0 Å². The zero-order chi connectivity index (χ0) is 13.8. The number of piperidine rings is 1. The van der Waals surface area contributed by atoms with Gasteiger partial charge in [0.25, 0.3) is 5.91 Å². The average Bonchev–Trinajstić information content (AvgIpc) is 2.40. The van der Waals surface area contributed by atoms with E-state index in [1.165, 1.54) is 12.8 Å². The van der Waals surface area contributed by atoms with E-state index >= 15 is 0 Å². The molecule has 0 aliphatic carbocycles. The number of nitrogens with one attached hydrogen (secondary N) is 1. The quantitative estimate of drug-likeness (QED) is 0.816. The molecular weight excluding hydrogens is 238 g/mol. The number of benzene rings is 1. The van der Waals surface area contributed by atoms with Crippen molar-refractivity contribution in [1.29, 1.82) is 0 Å². The second kappa shape index (κ2) is 6.06. The SMILES string of the molecule is Cc1ccc(N)c(C(=O)NCC2CCCCN2C)c1. The van der Waals surface area contributed by atoms with Gasteiger partial charge in [-0.3, -0.25) is 4.79 Å². The van der Waals surface area contributed by atoms with Gasteiger partial charge in [-0.1, -0.05) is 18.1 Å². The van der Waals surface area contributed by atoms with Crippen molar-refractivity contribution in [1.82, 2.24) is 10.2 Å². The summed E-state index contributed by atoms with van der Waals surface area (Å²) < 4.78 is 0. The van der Waals surface area contributed by atoms with Crippen molar-refractivity contribution in [2.24, 2.45) is 0 Å². The first-order valence-electron chi connectivity index (χ1n) is 6.92. The van der Waals surface area contributed by atoms with Crippen molar-refractivity contribution >= 4 is 11.6 Å². The van der Waals surface area contributed by atoms with Crippen LogP contribution in [0.2, 0.25) is 0 Å². The predicted octanol–water partition coefficient (Wildman–Crippen LogP) is 1.79. The monoisotopic (exact) mass is 261 g/mol. The Morgan fingerprint density at radius 1 is 1.47 bits per heavy atom. The lowest BCUT2D eigenvalue weighted by Crippen LogP contribution is -2.44. The summed E-state index contributed by atoms with van der Waals surface area (Å²) in [5.74, 6) is -0.0693. The number of nitrogens with zero attached hydrogens (tertiary/aromatic N) is 1. The second-order valence-electron chi connectivity index (χ2n) is 5.43. The molecule has 0 bridgehead atoms. The first kappa shape index (κ1) is 13.9. The van der Waals surface area contributed by atoms with Gasteiger partial charge in [0.05, 0.1) is 5.56 Å². The fourth-order valence-corrected chi connectivity index (χ4v) is 2.57. The highest BCUT2D eigenvalue weighted by atomic mass is 16.1. The number of likely N-dealkylation sites (tertiary alicyclic amines) is 1.